The zero-order chi connectivity index (χ0) is 10.8. The third-order valence-electron chi connectivity index (χ3n) is 2.31. The largest absolute Gasteiger partial charge is 0.379 e. The molecule has 1 atom stereocenters. The van der Waals surface area contributed by atoms with Crippen LogP contribution < -0.4 is 5.73 Å². The SMILES string of the molecule is COC(C)(C)CC(N)c1cscc1Br. The van der Waals surface area contributed by atoms with Gasteiger partial charge < -0.3 is 10.5 Å². The Morgan fingerprint density at radius 3 is 2.64 bits per heavy atom. The number of ether oxygens (including phenoxy) is 1. The van der Waals surface area contributed by atoms with Gasteiger partial charge in [-0.1, -0.05) is 0 Å². The molecular weight excluding hydrogens is 262 g/mol. The lowest BCUT2D eigenvalue weighted by atomic mass is 9.96. The van der Waals surface area contributed by atoms with E-state index in [1.165, 1.54) is 5.56 Å². The van der Waals surface area contributed by atoms with Crippen LogP contribution in [0.2, 0.25) is 0 Å². The molecule has 0 aliphatic rings. The van der Waals surface area contributed by atoms with Crippen molar-refractivity contribution >= 4 is 27.3 Å². The van der Waals surface area contributed by atoms with Crippen molar-refractivity contribution in [2.24, 2.45) is 5.73 Å². The van der Waals surface area contributed by atoms with E-state index in [9.17, 15) is 0 Å². The molecule has 0 aliphatic carbocycles. The van der Waals surface area contributed by atoms with E-state index in [4.69, 9.17) is 10.5 Å². The van der Waals surface area contributed by atoms with Gasteiger partial charge in [0, 0.05) is 23.0 Å². The van der Waals surface area contributed by atoms with Crippen LogP contribution in [0.15, 0.2) is 15.2 Å². The minimum absolute atomic E-state index is 0.0329. The first-order valence-corrected chi connectivity index (χ1v) is 6.22. The lowest BCUT2D eigenvalue weighted by molar-refractivity contribution is 0.00994. The number of thiophene rings is 1. The van der Waals surface area contributed by atoms with E-state index in [-0.39, 0.29) is 11.6 Å². The molecule has 0 saturated carbocycles. The average Bonchev–Trinajstić information content (AvgIpc) is 2.51. The molecule has 0 amide bonds. The van der Waals surface area contributed by atoms with Crippen LogP contribution in [-0.4, -0.2) is 12.7 Å². The van der Waals surface area contributed by atoms with Crippen molar-refractivity contribution in [3.05, 3.63) is 20.8 Å². The fourth-order valence-electron chi connectivity index (χ4n) is 1.28. The molecule has 0 aromatic carbocycles. The minimum Gasteiger partial charge on any atom is -0.379 e. The van der Waals surface area contributed by atoms with Gasteiger partial charge in [-0.15, -0.1) is 0 Å². The highest BCUT2D eigenvalue weighted by molar-refractivity contribution is 9.10. The van der Waals surface area contributed by atoms with Gasteiger partial charge in [-0.2, -0.15) is 11.3 Å². The van der Waals surface area contributed by atoms with Crippen molar-refractivity contribution in [1.82, 2.24) is 0 Å². The Bertz CT molecular complexity index is 298. The Kier molecular flexibility index (Phi) is 4.13. The fourth-order valence-corrected chi connectivity index (χ4v) is 2.93. The van der Waals surface area contributed by atoms with Crippen LogP contribution in [0.1, 0.15) is 31.9 Å². The van der Waals surface area contributed by atoms with Crippen LogP contribution in [0.3, 0.4) is 0 Å². The van der Waals surface area contributed by atoms with Gasteiger partial charge >= 0.3 is 0 Å². The summed E-state index contributed by atoms with van der Waals surface area (Å²) in [6.45, 7) is 4.10. The molecular formula is C10H16BrNOS. The van der Waals surface area contributed by atoms with Gasteiger partial charge in [0.25, 0.3) is 0 Å². The molecule has 1 aromatic rings. The van der Waals surface area contributed by atoms with Gasteiger partial charge in [0.1, 0.15) is 0 Å². The van der Waals surface area contributed by atoms with E-state index in [0.717, 1.165) is 10.9 Å². The lowest BCUT2D eigenvalue weighted by Crippen LogP contribution is -2.28. The molecule has 80 valence electrons. The maximum Gasteiger partial charge on any atom is 0.0640 e. The molecule has 0 saturated heterocycles. The molecule has 0 radical (unpaired) electrons. The molecule has 4 heteroatoms. The van der Waals surface area contributed by atoms with Crippen LogP contribution >= 0.6 is 27.3 Å². The number of rotatable bonds is 4. The number of hydrogen-bond acceptors (Lipinski definition) is 3. The van der Waals surface area contributed by atoms with Crippen LogP contribution in [0.5, 0.6) is 0 Å². The molecule has 0 spiro atoms. The van der Waals surface area contributed by atoms with Gasteiger partial charge in [-0.05, 0) is 47.1 Å². The van der Waals surface area contributed by atoms with Crippen molar-refractivity contribution < 1.29 is 4.74 Å². The summed E-state index contributed by atoms with van der Waals surface area (Å²) in [7, 11) is 1.72. The summed E-state index contributed by atoms with van der Waals surface area (Å²) >= 11 is 5.15. The summed E-state index contributed by atoms with van der Waals surface area (Å²) in [6, 6.07) is 0.0329. The van der Waals surface area contributed by atoms with Crippen LogP contribution in [0.25, 0.3) is 0 Å². The summed E-state index contributed by atoms with van der Waals surface area (Å²) in [4.78, 5) is 0. The Hall–Kier alpha value is 0.100. The Morgan fingerprint density at radius 1 is 1.57 bits per heavy atom. The number of methoxy groups -OCH3 is 1. The zero-order valence-electron chi connectivity index (χ0n) is 8.71. The fraction of sp³-hybridized carbons (Fsp3) is 0.600. The molecule has 1 aromatic heterocycles. The molecule has 0 fully saturated rings. The summed E-state index contributed by atoms with van der Waals surface area (Å²) in [5, 5.41) is 4.13. The molecule has 1 unspecified atom stereocenters. The highest BCUT2D eigenvalue weighted by Gasteiger charge is 2.22. The third-order valence-corrected chi connectivity index (χ3v) is 4.06. The molecule has 2 N–H and O–H groups in total. The Labute approximate surface area is 97.6 Å². The molecule has 0 bridgehead atoms. The van der Waals surface area contributed by atoms with Crippen molar-refractivity contribution in [2.45, 2.75) is 31.9 Å². The topological polar surface area (TPSA) is 35.2 Å². The second kappa shape index (κ2) is 4.75. The summed E-state index contributed by atoms with van der Waals surface area (Å²) in [5.74, 6) is 0. The summed E-state index contributed by atoms with van der Waals surface area (Å²) < 4.78 is 6.45. The van der Waals surface area contributed by atoms with E-state index in [1.54, 1.807) is 18.4 Å². The van der Waals surface area contributed by atoms with Crippen molar-refractivity contribution in [3.63, 3.8) is 0 Å². The van der Waals surface area contributed by atoms with Gasteiger partial charge in [0.2, 0.25) is 0 Å². The number of halogens is 1. The average molecular weight is 278 g/mol. The monoisotopic (exact) mass is 277 g/mol. The first-order valence-electron chi connectivity index (χ1n) is 4.48. The highest BCUT2D eigenvalue weighted by Crippen LogP contribution is 2.31. The Morgan fingerprint density at radius 2 is 2.21 bits per heavy atom. The smallest absolute Gasteiger partial charge is 0.0640 e. The maximum absolute atomic E-state index is 6.10. The van der Waals surface area contributed by atoms with Crippen molar-refractivity contribution in [3.8, 4) is 0 Å². The van der Waals surface area contributed by atoms with Crippen LogP contribution in [0, 0.1) is 0 Å². The van der Waals surface area contributed by atoms with Gasteiger partial charge in [0.05, 0.1) is 5.60 Å². The summed E-state index contributed by atoms with van der Waals surface area (Å²) in [5.41, 5.74) is 7.10. The number of nitrogens with two attached hydrogens (primary N) is 1. The maximum atomic E-state index is 6.10. The second-order valence-corrected chi connectivity index (χ2v) is 5.55. The molecule has 2 nitrogen and oxygen atoms in total. The van der Waals surface area contributed by atoms with Crippen molar-refractivity contribution in [2.75, 3.05) is 7.11 Å². The summed E-state index contributed by atoms with van der Waals surface area (Å²) in [6.07, 6.45) is 0.818. The molecule has 0 aliphatic heterocycles. The van der Waals surface area contributed by atoms with Gasteiger partial charge in [-0.3, -0.25) is 0 Å². The van der Waals surface area contributed by atoms with Crippen LogP contribution in [0.4, 0.5) is 0 Å². The number of hydrogen-bond donors (Lipinski definition) is 1. The standard InChI is InChI=1S/C10H16BrNOS/c1-10(2,13-3)4-9(12)7-5-14-6-8(7)11/h5-6,9H,4,12H2,1-3H3. The van der Waals surface area contributed by atoms with Crippen LogP contribution in [-0.2, 0) is 4.74 Å². The van der Waals surface area contributed by atoms with E-state index in [1.807, 2.05) is 13.8 Å². The zero-order valence-corrected chi connectivity index (χ0v) is 11.1. The normalized spacial score (nSPS) is 14.4. The minimum atomic E-state index is -0.166. The first-order chi connectivity index (χ1) is 6.46. The molecule has 1 rings (SSSR count). The van der Waals surface area contributed by atoms with E-state index < -0.39 is 0 Å². The van der Waals surface area contributed by atoms with Gasteiger partial charge in [-0.25, -0.2) is 0 Å². The Balaban J connectivity index is 2.68. The first kappa shape index (κ1) is 12.2. The van der Waals surface area contributed by atoms with E-state index in [0.29, 0.717) is 0 Å². The predicted molar refractivity (Wildman–Crippen MR) is 64.7 cm³/mol. The molecule has 1 heterocycles. The van der Waals surface area contributed by atoms with Gasteiger partial charge in [0.15, 0.2) is 0 Å². The predicted octanol–water partition coefficient (Wildman–Crippen LogP) is 3.33. The molecule has 14 heavy (non-hydrogen) atoms. The highest BCUT2D eigenvalue weighted by atomic mass is 79.9. The van der Waals surface area contributed by atoms with E-state index in [2.05, 4.69) is 26.7 Å². The third kappa shape index (κ3) is 3.05. The van der Waals surface area contributed by atoms with Crippen molar-refractivity contribution in [1.29, 1.82) is 0 Å². The lowest BCUT2D eigenvalue weighted by Gasteiger charge is -2.26. The van der Waals surface area contributed by atoms with E-state index >= 15 is 0 Å². The second-order valence-electron chi connectivity index (χ2n) is 3.95. The quantitative estimate of drug-likeness (QED) is 0.917.